The van der Waals surface area contributed by atoms with Crippen LogP contribution in [0.2, 0.25) is 0 Å². The van der Waals surface area contributed by atoms with Crippen LogP contribution in [0.1, 0.15) is 20.3 Å². The van der Waals surface area contributed by atoms with E-state index in [0.717, 1.165) is 25.5 Å². The molecule has 0 aromatic heterocycles. The van der Waals surface area contributed by atoms with E-state index in [4.69, 9.17) is 11.1 Å². The minimum absolute atomic E-state index is 0.203. The highest BCUT2D eigenvalue weighted by Gasteiger charge is 2.17. The van der Waals surface area contributed by atoms with Crippen molar-refractivity contribution >= 4 is 11.7 Å². The summed E-state index contributed by atoms with van der Waals surface area (Å²) in [6, 6.07) is 0. The summed E-state index contributed by atoms with van der Waals surface area (Å²) in [5.74, 6) is 1.82. The Morgan fingerprint density at radius 3 is 2.92 bits per heavy atom. The highest BCUT2D eigenvalue weighted by molar-refractivity contribution is 6.00. The molecule has 0 bridgehead atoms. The number of amidine groups is 2. The fraction of sp³-hybridized carbons (Fsp3) is 0.778. The molecule has 0 spiro atoms. The van der Waals surface area contributed by atoms with Crippen molar-refractivity contribution in [1.29, 1.82) is 5.41 Å². The molecule has 0 radical (unpaired) electrons. The van der Waals surface area contributed by atoms with Crippen LogP contribution in [0, 0.1) is 11.3 Å². The van der Waals surface area contributed by atoms with Crippen LogP contribution in [-0.2, 0) is 0 Å². The molecule has 1 aliphatic heterocycles. The molecule has 0 saturated heterocycles. The molecule has 3 N–H and O–H groups in total. The molecule has 1 aliphatic rings. The average molecular weight is 182 g/mol. The van der Waals surface area contributed by atoms with Gasteiger partial charge in [-0.25, -0.2) is 0 Å². The van der Waals surface area contributed by atoms with E-state index in [0.29, 0.717) is 12.3 Å². The first-order valence-electron chi connectivity index (χ1n) is 4.70. The Kier molecular flexibility index (Phi) is 3.28. The summed E-state index contributed by atoms with van der Waals surface area (Å²) in [5, 5.41) is 7.20. The van der Waals surface area contributed by atoms with Crippen molar-refractivity contribution in [3.05, 3.63) is 0 Å². The van der Waals surface area contributed by atoms with Crippen molar-refractivity contribution in [1.82, 2.24) is 4.90 Å². The maximum absolute atomic E-state index is 7.20. The Balaban J connectivity index is 2.47. The van der Waals surface area contributed by atoms with Gasteiger partial charge in [0, 0.05) is 13.1 Å². The molecule has 1 heterocycles. The molecule has 0 aliphatic carbocycles. The molecule has 0 aromatic carbocycles. The molecule has 0 atom stereocenters. The summed E-state index contributed by atoms with van der Waals surface area (Å²) < 4.78 is 0. The highest BCUT2D eigenvalue weighted by Crippen LogP contribution is 2.08. The van der Waals surface area contributed by atoms with E-state index >= 15 is 0 Å². The van der Waals surface area contributed by atoms with Crippen LogP contribution in [0.25, 0.3) is 0 Å². The second-order valence-electron chi connectivity index (χ2n) is 3.84. The van der Waals surface area contributed by atoms with E-state index in [1.807, 2.05) is 0 Å². The number of hydrogen-bond acceptors (Lipinski definition) is 3. The van der Waals surface area contributed by atoms with E-state index in [1.165, 1.54) is 0 Å². The number of nitrogens with zero attached hydrogens (tertiary/aromatic N) is 2. The summed E-state index contributed by atoms with van der Waals surface area (Å²) in [7, 11) is 0. The van der Waals surface area contributed by atoms with Gasteiger partial charge in [-0.1, -0.05) is 13.8 Å². The van der Waals surface area contributed by atoms with Crippen LogP contribution < -0.4 is 5.73 Å². The van der Waals surface area contributed by atoms with Crippen molar-refractivity contribution in [3.63, 3.8) is 0 Å². The first-order chi connectivity index (χ1) is 6.09. The lowest BCUT2D eigenvalue weighted by Gasteiger charge is -2.21. The summed E-state index contributed by atoms with van der Waals surface area (Å²) in [6.45, 7) is 7.23. The van der Waals surface area contributed by atoms with Crippen LogP contribution in [0.4, 0.5) is 0 Å². The van der Waals surface area contributed by atoms with Gasteiger partial charge in [-0.3, -0.25) is 10.4 Å². The molecule has 0 amide bonds. The van der Waals surface area contributed by atoms with Crippen molar-refractivity contribution in [2.75, 3.05) is 19.6 Å². The largest absolute Gasteiger partial charge is 0.387 e. The Bertz CT molecular complexity index is 220. The Morgan fingerprint density at radius 1 is 1.69 bits per heavy atom. The van der Waals surface area contributed by atoms with Gasteiger partial charge in [0.15, 0.2) is 0 Å². The standard InChI is InChI=1S/C9H18N4/c1-7(2)6-13-4-3-12-9(13)5-8(10)11/h7H,3-6H2,1-2H3,(H3,10,11). The van der Waals surface area contributed by atoms with E-state index in [9.17, 15) is 0 Å². The van der Waals surface area contributed by atoms with Gasteiger partial charge in [0.1, 0.15) is 5.84 Å². The van der Waals surface area contributed by atoms with Gasteiger partial charge in [0.25, 0.3) is 0 Å². The van der Waals surface area contributed by atoms with Crippen molar-refractivity contribution in [2.45, 2.75) is 20.3 Å². The minimum atomic E-state index is 0.203. The minimum Gasteiger partial charge on any atom is -0.387 e. The zero-order valence-electron chi connectivity index (χ0n) is 8.38. The van der Waals surface area contributed by atoms with Crippen LogP contribution in [0.5, 0.6) is 0 Å². The van der Waals surface area contributed by atoms with Crippen LogP contribution >= 0.6 is 0 Å². The van der Waals surface area contributed by atoms with E-state index < -0.39 is 0 Å². The lowest BCUT2D eigenvalue weighted by atomic mass is 10.2. The van der Waals surface area contributed by atoms with Gasteiger partial charge in [-0.15, -0.1) is 0 Å². The summed E-state index contributed by atoms with van der Waals surface area (Å²) >= 11 is 0. The van der Waals surface area contributed by atoms with Gasteiger partial charge in [-0.05, 0) is 5.92 Å². The molecule has 0 aromatic rings. The molecule has 0 unspecified atom stereocenters. The smallest absolute Gasteiger partial charge is 0.107 e. The van der Waals surface area contributed by atoms with Crippen molar-refractivity contribution in [2.24, 2.45) is 16.6 Å². The second-order valence-corrected chi connectivity index (χ2v) is 3.84. The third kappa shape index (κ3) is 3.05. The van der Waals surface area contributed by atoms with E-state index in [1.54, 1.807) is 0 Å². The van der Waals surface area contributed by atoms with Gasteiger partial charge in [0.2, 0.25) is 0 Å². The fourth-order valence-corrected chi connectivity index (χ4v) is 1.50. The van der Waals surface area contributed by atoms with Gasteiger partial charge >= 0.3 is 0 Å². The maximum Gasteiger partial charge on any atom is 0.107 e. The third-order valence-corrected chi connectivity index (χ3v) is 1.96. The summed E-state index contributed by atoms with van der Waals surface area (Å²) in [4.78, 5) is 6.56. The third-order valence-electron chi connectivity index (χ3n) is 1.96. The van der Waals surface area contributed by atoms with Crippen LogP contribution in [-0.4, -0.2) is 36.2 Å². The zero-order chi connectivity index (χ0) is 9.84. The number of hydrogen-bond donors (Lipinski definition) is 2. The normalized spacial score (nSPS) is 16.5. The zero-order valence-corrected chi connectivity index (χ0v) is 8.38. The molecule has 74 valence electrons. The Morgan fingerprint density at radius 2 is 2.38 bits per heavy atom. The Labute approximate surface area is 79.3 Å². The van der Waals surface area contributed by atoms with E-state index in [2.05, 4.69) is 23.7 Å². The number of rotatable bonds is 4. The van der Waals surface area contributed by atoms with Crippen LogP contribution in [0.3, 0.4) is 0 Å². The number of nitrogens with one attached hydrogen (secondary N) is 1. The lowest BCUT2D eigenvalue weighted by molar-refractivity contribution is 0.390. The summed E-state index contributed by atoms with van der Waals surface area (Å²) in [6.07, 6.45) is 0.507. The van der Waals surface area contributed by atoms with Crippen molar-refractivity contribution in [3.8, 4) is 0 Å². The Hall–Kier alpha value is -1.06. The highest BCUT2D eigenvalue weighted by atomic mass is 15.2. The van der Waals surface area contributed by atoms with Crippen LogP contribution in [0.15, 0.2) is 4.99 Å². The average Bonchev–Trinajstić information content (AvgIpc) is 2.34. The second kappa shape index (κ2) is 4.25. The molecule has 0 saturated carbocycles. The van der Waals surface area contributed by atoms with E-state index in [-0.39, 0.29) is 5.84 Å². The topological polar surface area (TPSA) is 65.5 Å². The predicted octanol–water partition coefficient (Wildman–Crippen LogP) is 0.683. The monoisotopic (exact) mass is 182 g/mol. The fourth-order valence-electron chi connectivity index (χ4n) is 1.50. The maximum atomic E-state index is 7.20. The summed E-state index contributed by atoms with van der Waals surface area (Å²) in [5.41, 5.74) is 5.34. The first-order valence-corrected chi connectivity index (χ1v) is 4.70. The molecule has 4 heteroatoms. The number of aliphatic imine (C=N–C) groups is 1. The van der Waals surface area contributed by atoms with Crippen molar-refractivity contribution < 1.29 is 0 Å². The molecule has 0 fully saturated rings. The quantitative estimate of drug-likeness (QED) is 0.496. The lowest BCUT2D eigenvalue weighted by Crippen LogP contribution is -2.33. The molecular weight excluding hydrogens is 164 g/mol. The SMILES string of the molecule is CC(C)CN1CCN=C1CC(=N)N. The molecular formula is C9H18N4. The number of nitrogens with two attached hydrogens (primary N) is 1. The van der Waals surface area contributed by atoms with Gasteiger partial charge < -0.3 is 10.6 Å². The molecule has 4 nitrogen and oxygen atoms in total. The predicted molar refractivity (Wildman–Crippen MR) is 55.2 cm³/mol. The molecule has 13 heavy (non-hydrogen) atoms. The van der Waals surface area contributed by atoms with Gasteiger partial charge in [0.05, 0.1) is 18.8 Å². The van der Waals surface area contributed by atoms with Gasteiger partial charge in [-0.2, -0.15) is 0 Å². The first kappa shape index (κ1) is 10.0. The molecule has 1 rings (SSSR count).